The Morgan fingerprint density at radius 3 is 2.95 bits per heavy atom. The predicted molar refractivity (Wildman–Crippen MR) is 83.7 cm³/mol. The van der Waals surface area contributed by atoms with E-state index in [2.05, 4.69) is 22.3 Å². The van der Waals surface area contributed by atoms with Crippen LogP contribution in [0.2, 0.25) is 5.02 Å². The number of anilines is 1. The summed E-state index contributed by atoms with van der Waals surface area (Å²) in [4.78, 5) is 16.9. The van der Waals surface area contributed by atoms with E-state index in [4.69, 9.17) is 11.6 Å². The number of rotatable bonds is 1. The molecule has 2 aliphatic rings. The van der Waals surface area contributed by atoms with Crippen LogP contribution in [0.25, 0.3) is 0 Å². The zero-order valence-corrected chi connectivity index (χ0v) is 12.8. The van der Waals surface area contributed by atoms with Gasteiger partial charge in [0.1, 0.15) is 12.4 Å². The number of ketones is 1. The second-order valence-electron chi connectivity index (χ2n) is 5.91. The number of carbonyl (C=O) groups excluding carboxylic acids is 1. The smallest absolute Gasteiger partial charge is 0.226 e. The summed E-state index contributed by atoms with van der Waals surface area (Å²) in [5.74, 6) is 1.15. The summed E-state index contributed by atoms with van der Waals surface area (Å²) in [5.41, 5.74) is 2.60. The van der Waals surface area contributed by atoms with Crippen LogP contribution < -0.4 is 5.32 Å². The van der Waals surface area contributed by atoms with Gasteiger partial charge in [0.15, 0.2) is 5.78 Å². The maximum atomic E-state index is 12.7. The van der Waals surface area contributed by atoms with E-state index in [-0.39, 0.29) is 11.8 Å². The molecular formula is C16H15ClN4O. The van der Waals surface area contributed by atoms with E-state index in [0.29, 0.717) is 23.3 Å². The number of aromatic nitrogens is 3. The molecule has 0 unspecified atom stereocenters. The van der Waals surface area contributed by atoms with Gasteiger partial charge in [0.2, 0.25) is 5.95 Å². The monoisotopic (exact) mass is 314 g/mol. The number of nitrogens with one attached hydrogen (secondary N) is 1. The van der Waals surface area contributed by atoms with Gasteiger partial charge >= 0.3 is 0 Å². The second-order valence-corrected chi connectivity index (χ2v) is 6.31. The first-order chi connectivity index (χ1) is 10.6. The molecule has 22 heavy (non-hydrogen) atoms. The molecular weight excluding hydrogens is 300 g/mol. The lowest BCUT2D eigenvalue weighted by molar-refractivity contribution is -0.117. The van der Waals surface area contributed by atoms with E-state index < -0.39 is 0 Å². The van der Waals surface area contributed by atoms with Crippen LogP contribution in [0.15, 0.2) is 41.9 Å². The summed E-state index contributed by atoms with van der Waals surface area (Å²) in [6.07, 6.45) is 2.90. The van der Waals surface area contributed by atoms with E-state index in [1.165, 1.54) is 6.33 Å². The number of fused-ring (bicyclic) bond motifs is 1. The van der Waals surface area contributed by atoms with E-state index in [9.17, 15) is 4.79 Å². The molecule has 0 amide bonds. The lowest BCUT2D eigenvalue weighted by atomic mass is 9.81. The molecule has 0 fully saturated rings. The Hall–Kier alpha value is -2.14. The normalized spacial score (nSPS) is 23.8. The van der Waals surface area contributed by atoms with Crippen molar-refractivity contribution in [1.82, 2.24) is 14.8 Å². The highest BCUT2D eigenvalue weighted by Crippen LogP contribution is 2.42. The Kier molecular flexibility index (Phi) is 3.04. The number of benzene rings is 1. The summed E-state index contributed by atoms with van der Waals surface area (Å²) < 4.78 is 1.74. The molecule has 0 spiro atoms. The lowest BCUT2D eigenvalue weighted by Crippen LogP contribution is -2.33. The van der Waals surface area contributed by atoms with Crippen molar-refractivity contribution in [3.8, 4) is 0 Å². The molecule has 0 saturated carbocycles. The molecule has 5 nitrogen and oxygen atoms in total. The number of halogens is 1. The zero-order chi connectivity index (χ0) is 15.3. The van der Waals surface area contributed by atoms with E-state index in [1.54, 1.807) is 4.68 Å². The molecule has 2 heterocycles. The first-order valence-electron chi connectivity index (χ1n) is 7.32. The molecule has 1 aliphatic carbocycles. The van der Waals surface area contributed by atoms with Crippen LogP contribution in [-0.2, 0) is 4.79 Å². The Morgan fingerprint density at radius 2 is 2.14 bits per heavy atom. The minimum Gasteiger partial charge on any atom is -0.328 e. The van der Waals surface area contributed by atoms with Crippen molar-refractivity contribution in [2.75, 3.05) is 5.32 Å². The highest BCUT2D eigenvalue weighted by molar-refractivity contribution is 6.31. The SMILES string of the molecule is C[C@@H]1CC(=O)C2=C(C1)Nc1ncnn1[C@H]2c1ccccc1Cl. The van der Waals surface area contributed by atoms with Crippen molar-refractivity contribution in [1.29, 1.82) is 0 Å². The molecule has 1 aromatic heterocycles. The van der Waals surface area contributed by atoms with Crippen molar-refractivity contribution in [3.63, 3.8) is 0 Å². The fourth-order valence-electron chi connectivity index (χ4n) is 3.33. The molecule has 2 atom stereocenters. The third kappa shape index (κ3) is 1.96. The fraction of sp³-hybridized carbons (Fsp3) is 0.312. The fourth-order valence-corrected chi connectivity index (χ4v) is 3.57. The first kappa shape index (κ1) is 13.5. The van der Waals surface area contributed by atoms with Gasteiger partial charge in [-0.25, -0.2) is 4.68 Å². The van der Waals surface area contributed by atoms with Crippen LogP contribution >= 0.6 is 11.6 Å². The summed E-state index contributed by atoms with van der Waals surface area (Å²) in [5, 5.41) is 8.20. The van der Waals surface area contributed by atoms with E-state index in [1.807, 2.05) is 24.3 Å². The quantitative estimate of drug-likeness (QED) is 0.878. The van der Waals surface area contributed by atoms with Gasteiger partial charge in [-0.05, 0) is 18.4 Å². The Labute approximate surface area is 133 Å². The summed E-state index contributed by atoms with van der Waals surface area (Å²) in [6, 6.07) is 7.29. The zero-order valence-electron chi connectivity index (χ0n) is 12.1. The third-order valence-electron chi connectivity index (χ3n) is 4.27. The molecule has 0 radical (unpaired) electrons. The van der Waals surface area contributed by atoms with Crippen LogP contribution in [0.1, 0.15) is 31.4 Å². The number of carbonyl (C=O) groups is 1. The van der Waals surface area contributed by atoms with Crippen LogP contribution in [0.3, 0.4) is 0 Å². The lowest BCUT2D eigenvalue weighted by Gasteiger charge is -2.34. The topological polar surface area (TPSA) is 59.8 Å². The number of allylic oxidation sites excluding steroid dienone is 2. The Bertz CT molecular complexity index is 795. The Morgan fingerprint density at radius 1 is 1.32 bits per heavy atom. The Balaban J connectivity index is 1.94. The van der Waals surface area contributed by atoms with Gasteiger partial charge in [0.25, 0.3) is 0 Å². The van der Waals surface area contributed by atoms with Gasteiger partial charge in [0, 0.05) is 28.3 Å². The largest absolute Gasteiger partial charge is 0.328 e. The average molecular weight is 315 g/mol. The van der Waals surface area contributed by atoms with E-state index in [0.717, 1.165) is 23.3 Å². The molecule has 0 saturated heterocycles. The number of hydrogen-bond acceptors (Lipinski definition) is 4. The standard InChI is InChI=1S/C16H15ClN4O/c1-9-6-12-14(13(22)7-9)15(10-4-2-3-5-11(10)17)21-16(20-12)18-8-19-21/h2-5,8-9,15H,6-7H2,1H3,(H,18,19,20)/t9-,15-/m0/s1. The summed E-state index contributed by atoms with van der Waals surface area (Å²) >= 11 is 6.38. The summed E-state index contributed by atoms with van der Waals surface area (Å²) in [7, 11) is 0. The maximum Gasteiger partial charge on any atom is 0.226 e. The first-order valence-corrected chi connectivity index (χ1v) is 7.70. The van der Waals surface area contributed by atoms with Gasteiger partial charge in [-0.2, -0.15) is 10.1 Å². The average Bonchev–Trinajstić information content (AvgIpc) is 2.93. The van der Waals surface area contributed by atoms with Gasteiger partial charge in [-0.1, -0.05) is 36.7 Å². The van der Waals surface area contributed by atoms with Crippen molar-refractivity contribution >= 4 is 23.3 Å². The number of hydrogen-bond donors (Lipinski definition) is 1. The molecule has 2 aromatic rings. The highest BCUT2D eigenvalue weighted by Gasteiger charge is 2.38. The van der Waals surface area contributed by atoms with Crippen LogP contribution in [0.4, 0.5) is 5.95 Å². The van der Waals surface area contributed by atoms with Gasteiger partial charge < -0.3 is 5.32 Å². The van der Waals surface area contributed by atoms with Crippen molar-refractivity contribution in [2.24, 2.45) is 5.92 Å². The molecule has 112 valence electrons. The van der Waals surface area contributed by atoms with Crippen LogP contribution in [-0.4, -0.2) is 20.5 Å². The second kappa shape index (κ2) is 4.95. The minimum absolute atomic E-state index is 0.160. The maximum absolute atomic E-state index is 12.7. The van der Waals surface area contributed by atoms with Crippen LogP contribution in [0, 0.1) is 5.92 Å². The molecule has 0 bridgehead atoms. The molecule has 1 aliphatic heterocycles. The molecule has 1 aromatic carbocycles. The molecule has 6 heteroatoms. The summed E-state index contributed by atoms with van der Waals surface area (Å²) in [6.45, 7) is 2.09. The van der Waals surface area contributed by atoms with Crippen molar-refractivity contribution < 1.29 is 4.79 Å². The number of Topliss-reactive ketones (excluding diaryl/α,β-unsaturated/α-hetero) is 1. The van der Waals surface area contributed by atoms with Crippen molar-refractivity contribution in [2.45, 2.75) is 25.8 Å². The highest BCUT2D eigenvalue weighted by atomic mass is 35.5. The van der Waals surface area contributed by atoms with E-state index >= 15 is 0 Å². The van der Waals surface area contributed by atoms with Gasteiger partial charge in [0.05, 0.1) is 0 Å². The predicted octanol–water partition coefficient (Wildman–Crippen LogP) is 3.20. The minimum atomic E-state index is -0.303. The van der Waals surface area contributed by atoms with Gasteiger partial charge in [-0.15, -0.1) is 0 Å². The van der Waals surface area contributed by atoms with Gasteiger partial charge in [-0.3, -0.25) is 4.79 Å². The number of nitrogens with zero attached hydrogens (tertiary/aromatic N) is 3. The van der Waals surface area contributed by atoms with Crippen molar-refractivity contribution in [3.05, 3.63) is 52.4 Å². The third-order valence-corrected chi connectivity index (χ3v) is 4.61. The molecule has 4 rings (SSSR count). The molecule has 1 N–H and O–H groups in total. The van der Waals surface area contributed by atoms with Crippen LogP contribution in [0.5, 0.6) is 0 Å².